The monoisotopic (exact) mass is 409 g/mol. The second kappa shape index (κ2) is 6.76. The zero-order valence-corrected chi connectivity index (χ0v) is 15.6. The van der Waals surface area contributed by atoms with Crippen LogP contribution in [0.2, 0.25) is 0 Å². The molecule has 4 rings (SSSR count). The predicted octanol–water partition coefficient (Wildman–Crippen LogP) is 3.83. The maximum atomic E-state index is 12.4. The van der Waals surface area contributed by atoms with Gasteiger partial charge >= 0.3 is 0 Å². The van der Waals surface area contributed by atoms with Crippen LogP contribution in [-0.4, -0.2) is 25.5 Å². The van der Waals surface area contributed by atoms with E-state index in [-0.39, 0.29) is 5.91 Å². The molecule has 0 spiro atoms. The lowest BCUT2D eigenvalue weighted by Gasteiger charge is -2.07. The largest absolute Gasteiger partial charge is 0.304 e. The molecule has 0 aliphatic carbocycles. The van der Waals surface area contributed by atoms with E-state index in [2.05, 4.69) is 55.7 Å². The average molecular weight is 410 g/mol. The zero-order valence-electron chi connectivity index (χ0n) is 14.1. The molecule has 2 aromatic heterocycles. The molecule has 0 bridgehead atoms. The maximum absolute atomic E-state index is 12.4. The molecule has 0 unspecified atom stereocenters. The minimum absolute atomic E-state index is 0.257. The van der Waals surface area contributed by atoms with Crippen molar-refractivity contribution in [1.82, 2.24) is 19.6 Å². The first kappa shape index (κ1) is 16.5. The van der Waals surface area contributed by atoms with Crippen LogP contribution in [0.4, 0.5) is 5.82 Å². The molecule has 0 saturated heterocycles. The second-order valence-electron chi connectivity index (χ2n) is 5.96. The minimum atomic E-state index is -0.257. The lowest BCUT2D eigenvalue weighted by atomic mass is 10.0. The van der Waals surface area contributed by atoms with Gasteiger partial charge < -0.3 is 5.32 Å². The Balaban J connectivity index is 1.54. The fourth-order valence-electron chi connectivity index (χ4n) is 2.96. The van der Waals surface area contributed by atoms with Crippen LogP contribution < -0.4 is 5.32 Å². The van der Waals surface area contributed by atoms with Crippen LogP contribution in [0.3, 0.4) is 0 Å². The third-order valence-electron chi connectivity index (χ3n) is 4.20. The van der Waals surface area contributed by atoms with Crippen LogP contribution in [0.25, 0.3) is 10.8 Å². The number of hydrogen-bond acceptors (Lipinski definition) is 3. The van der Waals surface area contributed by atoms with Crippen LogP contribution >= 0.6 is 15.9 Å². The molecule has 0 aliphatic heterocycles. The highest BCUT2D eigenvalue weighted by atomic mass is 79.9. The number of carbonyl (C=O) groups excluding carboxylic acids is 1. The Morgan fingerprint density at radius 1 is 1.15 bits per heavy atom. The van der Waals surface area contributed by atoms with Crippen molar-refractivity contribution in [3.05, 3.63) is 76.7 Å². The van der Waals surface area contributed by atoms with Crippen molar-refractivity contribution >= 4 is 38.4 Å². The molecule has 0 aliphatic rings. The van der Waals surface area contributed by atoms with Crippen molar-refractivity contribution in [2.45, 2.75) is 6.54 Å². The first-order valence-electron chi connectivity index (χ1n) is 8.11. The summed E-state index contributed by atoms with van der Waals surface area (Å²) in [6.07, 6.45) is 3.45. The van der Waals surface area contributed by atoms with Gasteiger partial charge in [-0.1, -0.05) is 42.5 Å². The molecule has 4 aromatic rings. The number of amides is 1. The number of carbonyl (C=O) groups is 1. The van der Waals surface area contributed by atoms with E-state index in [0.29, 0.717) is 22.5 Å². The fraction of sp³-hybridized carbons (Fsp3) is 0.105. The molecule has 1 N–H and O–H groups in total. The highest BCUT2D eigenvalue weighted by Crippen LogP contribution is 2.20. The van der Waals surface area contributed by atoms with Crippen molar-refractivity contribution in [2.24, 2.45) is 7.05 Å². The maximum Gasteiger partial charge on any atom is 0.276 e. The Bertz CT molecular complexity index is 1070. The molecule has 2 heterocycles. The molecule has 0 saturated carbocycles. The number of aromatic nitrogens is 4. The van der Waals surface area contributed by atoms with Gasteiger partial charge in [0, 0.05) is 19.3 Å². The molecule has 6 nitrogen and oxygen atoms in total. The summed E-state index contributed by atoms with van der Waals surface area (Å²) >= 11 is 3.33. The molecule has 2 aromatic carbocycles. The van der Waals surface area contributed by atoms with Gasteiger partial charge in [0.1, 0.15) is 5.69 Å². The molecule has 7 heteroatoms. The summed E-state index contributed by atoms with van der Waals surface area (Å²) in [6.45, 7) is 0.632. The topological polar surface area (TPSA) is 64.7 Å². The summed E-state index contributed by atoms with van der Waals surface area (Å²) in [4.78, 5) is 12.4. The molecule has 0 radical (unpaired) electrons. The van der Waals surface area contributed by atoms with Gasteiger partial charge in [-0.25, -0.2) is 0 Å². The Morgan fingerprint density at radius 2 is 1.96 bits per heavy atom. The average Bonchev–Trinajstić information content (AvgIpc) is 3.21. The summed E-state index contributed by atoms with van der Waals surface area (Å²) in [5.74, 6) is 0.246. The molecule has 26 heavy (non-hydrogen) atoms. The molecule has 0 fully saturated rings. The third kappa shape index (κ3) is 3.13. The minimum Gasteiger partial charge on any atom is -0.304 e. The van der Waals surface area contributed by atoms with Crippen LogP contribution in [0, 0.1) is 0 Å². The number of hydrogen-bond donors (Lipinski definition) is 1. The number of rotatable bonds is 4. The molecule has 1 amide bonds. The van der Waals surface area contributed by atoms with Crippen molar-refractivity contribution in [3.8, 4) is 0 Å². The van der Waals surface area contributed by atoms with Crippen molar-refractivity contribution in [1.29, 1.82) is 0 Å². The quantitative estimate of drug-likeness (QED) is 0.556. The summed E-state index contributed by atoms with van der Waals surface area (Å²) in [7, 11) is 1.72. The zero-order chi connectivity index (χ0) is 18.1. The standard InChI is InChI=1S/C19H16BrN5O/c1-24-18(16(20)11-21-24)19(26)22-17-9-10-25(23-17)12-14-7-4-6-13-5-2-3-8-15(13)14/h2-11H,12H2,1H3,(H,22,23,26). The first-order valence-corrected chi connectivity index (χ1v) is 8.90. The van der Waals surface area contributed by atoms with Crippen molar-refractivity contribution in [3.63, 3.8) is 0 Å². The fourth-order valence-corrected chi connectivity index (χ4v) is 3.49. The number of nitrogens with one attached hydrogen (secondary N) is 1. The summed E-state index contributed by atoms with van der Waals surface area (Å²) in [6, 6.07) is 16.3. The number of aryl methyl sites for hydroxylation is 1. The van der Waals surface area contributed by atoms with E-state index in [0.717, 1.165) is 0 Å². The lowest BCUT2D eigenvalue weighted by molar-refractivity contribution is 0.101. The summed E-state index contributed by atoms with van der Waals surface area (Å²) in [5.41, 5.74) is 1.63. The van der Waals surface area contributed by atoms with Gasteiger partial charge in [0.15, 0.2) is 5.82 Å². The van der Waals surface area contributed by atoms with Gasteiger partial charge in [-0.05, 0) is 32.3 Å². The van der Waals surface area contributed by atoms with E-state index >= 15 is 0 Å². The number of halogens is 1. The Labute approximate surface area is 158 Å². The number of nitrogens with zero attached hydrogens (tertiary/aromatic N) is 4. The van der Waals surface area contributed by atoms with E-state index in [1.807, 2.05) is 29.1 Å². The molecule has 0 atom stereocenters. The molecular formula is C19H16BrN5O. The van der Waals surface area contributed by atoms with Crippen LogP contribution in [-0.2, 0) is 13.6 Å². The number of anilines is 1. The van der Waals surface area contributed by atoms with Crippen molar-refractivity contribution < 1.29 is 4.79 Å². The van der Waals surface area contributed by atoms with E-state index < -0.39 is 0 Å². The molecule has 130 valence electrons. The van der Waals surface area contributed by atoms with Gasteiger partial charge in [0.2, 0.25) is 0 Å². The Morgan fingerprint density at radius 3 is 2.77 bits per heavy atom. The first-order chi connectivity index (χ1) is 12.6. The van der Waals surface area contributed by atoms with Gasteiger partial charge in [-0.15, -0.1) is 0 Å². The van der Waals surface area contributed by atoms with E-state index in [1.54, 1.807) is 19.3 Å². The van der Waals surface area contributed by atoms with Gasteiger partial charge in [0.05, 0.1) is 17.2 Å². The third-order valence-corrected chi connectivity index (χ3v) is 4.78. The molecular weight excluding hydrogens is 394 g/mol. The van der Waals surface area contributed by atoms with E-state index in [1.165, 1.54) is 21.0 Å². The predicted molar refractivity (Wildman–Crippen MR) is 104 cm³/mol. The van der Waals surface area contributed by atoms with Crippen LogP contribution in [0.5, 0.6) is 0 Å². The Hall–Kier alpha value is -2.93. The smallest absolute Gasteiger partial charge is 0.276 e. The highest BCUT2D eigenvalue weighted by molar-refractivity contribution is 9.10. The van der Waals surface area contributed by atoms with E-state index in [4.69, 9.17) is 0 Å². The van der Waals surface area contributed by atoms with Gasteiger partial charge in [0.25, 0.3) is 5.91 Å². The summed E-state index contributed by atoms with van der Waals surface area (Å²) in [5, 5.41) is 13.7. The SMILES string of the molecule is Cn1ncc(Br)c1C(=O)Nc1ccn(Cc2cccc3ccccc23)n1. The normalized spacial score (nSPS) is 11.0. The highest BCUT2D eigenvalue weighted by Gasteiger charge is 2.16. The Kier molecular flexibility index (Phi) is 4.30. The van der Waals surface area contributed by atoms with Gasteiger partial charge in [-0.3, -0.25) is 14.2 Å². The second-order valence-corrected chi connectivity index (χ2v) is 6.81. The van der Waals surface area contributed by atoms with Crippen molar-refractivity contribution in [2.75, 3.05) is 5.32 Å². The van der Waals surface area contributed by atoms with Crippen LogP contribution in [0.1, 0.15) is 16.1 Å². The van der Waals surface area contributed by atoms with E-state index in [9.17, 15) is 4.79 Å². The lowest BCUT2D eigenvalue weighted by Crippen LogP contribution is -2.17. The number of fused-ring (bicyclic) bond motifs is 1. The van der Waals surface area contributed by atoms with Crippen LogP contribution in [0.15, 0.2) is 65.4 Å². The summed E-state index contributed by atoms with van der Waals surface area (Å²) < 4.78 is 3.98. The van der Waals surface area contributed by atoms with Gasteiger partial charge in [-0.2, -0.15) is 10.2 Å². The number of benzene rings is 2.